The predicted molar refractivity (Wildman–Crippen MR) is 327 cm³/mol. The molecule has 24 N–H and O–H groups in total. The highest BCUT2D eigenvalue weighted by Gasteiger charge is 2.55. The van der Waals surface area contributed by atoms with Gasteiger partial charge in [-0.25, -0.2) is 4.68 Å². The van der Waals surface area contributed by atoms with E-state index in [-0.39, 0.29) is 77.0 Å². The molecule has 41 nitrogen and oxygen atoms in total. The van der Waals surface area contributed by atoms with Crippen molar-refractivity contribution < 1.29 is 168 Å². The lowest BCUT2D eigenvalue weighted by Gasteiger charge is -2.48. The molecule has 6 aliphatic heterocycles. The summed E-state index contributed by atoms with van der Waals surface area (Å²) in [7, 11) is 0. The summed E-state index contributed by atoms with van der Waals surface area (Å²) in [5.41, 5.74) is 12.6. The lowest BCUT2D eigenvalue weighted by Crippen LogP contribution is -2.66. The normalized spacial score (nSPS) is 42.2. The van der Waals surface area contributed by atoms with Gasteiger partial charge in [-0.2, -0.15) is 0 Å². The zero-order chi connectivity index (χ0) is 72.5. The molecule has 6 fully saturated rings. The van der Waals surface area contributed by atoms with Crippen molar-refractivity contribution in [1.82, 2.24) is 25.6 Å². The van der Waals surface area contributed by atoms with E-state index in [9.17, 15) is 91.9 Å². The molecule has 1 aromatic rings. The molecule has 24 unspecified atom stereocenters. The van der Waals surface area contributed by atoms with Crippen LogP contribution in [0, 0.1) is 0 Å². The summed E-state index contributed by atoms with van der Waals surface area (Å²) in [4.78, 5) is 0. The van der Waals surface area contributed by atoms with Crippen LogP contribution in [0.5, 0.6) is 0 Å². The van der Waals surface area contributed by atoms with E-state index in [4.69, 9.17) is 87.3 Å². The van der Waals surface area contributed by atoms with Gasteiger partial charge in [0.15, 0.2) is 37.7 Å². The minimum Gasteiger partial charge on any atom is -0.399 e. The molecule has 7 heterocycles. The smallest absolute Gasteiger partial charge is 0.187 e. The minimum absolute atomic E-state index is 0.0605. The van der Waals surface area contributed by atoms with Gasteiger partial charge in [0.25, 0.3) is 0 Å². The Hall–Kier alpha value is -3.22. The van der Waals surface area contributed by atoms with E-state index < -0.39 is 229 Å². The molecular weight excluding hydrogens is 1350 g/mol. The van der Waals surface area contributed by atoms with E-state index in [0.717, 1.165) is 0 Å². The van der Waals surface area contributed by atoms with E-state index >= 15 is 0 Å². The van der Waals surface area contributed by atoms with Gasteiger partial charge in [0, 0.05) is 24.8 Å². The predicted octanol–water partition coefficient (Wildman–Crippen LogP) is -12.8. The maximum atomic E-state index is 11.2. The lowest BCUT2D eigenvalue weighted by atomic mass is 9.87. The molecule has 7 aliphatic rings. The summed E-state index contributed by atoms with van der Waals surface area (Å²) < 4.78 is 92.6. The molecule has 0 radical (unpaired) electrons. The Morgan fingerprint density at radius 2 is 0.970 bits per heavy atom. The monoisotopic (exact) mass is 1450 g/mol. The highest BCUT2D eigenvalue weighted by Crippen LogP contribution is 2.36. The highest BCUT2D eigenvalue weighted by molar-refractivity contribution is 5.22. The van der Waals surface area contributed by atoms with Crippen LogP contribution in [-0.4, -0.2) is 402 Å². The molecule has 32 atom stereocenters. The van der Waals surface area contributed by atoms with Crippen LogP contribution in [0.15, 0.2) is 29.7 Å². The zero-order valence-electron chi connectivity index (χ0n) is 55.2. The van der Waals surface area contributed by atoms with Gasteiger partial charge in [0.2, 0.25) is 0 Å². The number of ether oxygens (including phenoxy) is 16. The second-order valence-electron chi connectivity index (χ2n) is 25.3. The van der Waals surface area contributed by atoms with Crippen molar-refractivity contribution in [2.75, 3.05) is 99.0 Å². The fourth-order valence-electron chi connectivity index (χ4n) is 12.1. The quantitative estimate of drug-likeness (QED) is 0.0217. The van der Waals surface area contributed by atoms with Gasteiger partial charge in [0.1, 0.15) is 134 Å². The second-order valence-corrected chi connectivity index (χ2v) is 25.3. The number of aromatic nitrogens is 3. The Kier molecular flexibility index (Phi) is 32.9. The summed E-state index contributed by atoms with van der Waals surface area (Å²) in [6.45, 7) is 1.93. The Bertz CT molecular complexity index is 2580. The molecule has 0 amide bonds. The summed E-state index contributed by atoms with van der Waals surface area (Å²) in [6, 6.07) is -2.08. The molecule has 1 aliphatic carbocycles. The molecule has 6 saturated heterocycles. The first-order chi connectivity index (χ1) is 47.9. The molecular formula is C59H103N7O34. The van der Waals surface area contributed by atoms with Crippen molar-refractivity contribution in [2.24, 2.45) is 11.5 Å². The first kappa shape index (κ1) is 82.4. The summed E-state index contributed by atoms with van der Waals surface area (Å²) in [6.07, 6.45) is -39.3. The van der Waals surface area contributed by atoms with E-state index in [1.807, 2.05) is 0 Å². The Morgan fingerprint density at radius 3 is 1.47 bits per heavy atom. The molecule has 0 saturated carbocycles. The molecule has 0 bridgehead atoms. The second kappa shape index (κ2) is 39.9. The first-order valence-electron chi connectivity index (χ1n) is 33.2. The molecule has 8 rings (SSSR count). The fraction of sp³-hybridized carbons (Fsp3) is 0.898. The van der Waals surface area contributed by atoms with E-state index in [2.05, 4.69) is 20.9 Å². The molecule has 41 heteroatoms. The summed E-state index contributed by atoms with van der Waals surface area (Å²) >= 11 is 0. The standard InChI is InChI=1S/C59H103N7O34/c1-25-30(61)14-33(72)54(91-25)97-50-37(21-70)95-58(48(83)44(50)79)100-53-36(20-69)94-57(47(82)43(53)78)90-24-29-17-66(65-64-29)4-6-86-8-10-88-12-11-87-9-7-85-5-3-62-16-28(60)23-89-56-46(81)42(77)52(35(19-68)93-56)99-59-49(84)45(80)51(38(22-71)96-59)98-55-34(73)15-31(26(2)92-55)63-32-13-27(18-67)39(74)41(76)40(32)75/h13,16-17,25-26,30-59,62-63,67-84H,3-12,14-15,18-24,60-61H2,1-2H3/b28-16-/t25?,26?,30-,31+,32+,33-,34+,35?,36?,37?,38?,39-,40-,41+,42?,43?,44?,45?,46?,47?,48?,49?,50?,51?,52?,53?,54?,55?,56?,57?,58?,59?/m1/s1. The van der Waals surface area contributed by atoms with Crippen LogP contribution in [0.1, 0.15) is 32.4 Å². The molecule has 1 aromatic heterocycles. The summed E-state index contributed by atoms with van der Waals surface area (Å²) in [5.74, 6) is 0. The van der Waals surface area contributed by atoms with Gasteiger partial charge in [-0.05, 0) is 32.3 Å². The van der Waals surface area contributed by atoms with Crippen LogP contribution in [0.3, 0.4) is 0 Å². The number of hydrogen-bond acceptors (Lipinski definition) is 40. The average Bonchev–Trinajstić information content (AvgIpc) is 0.893. The number of nitrogens with one attached hydrogen (secondary N) is 2. The van der Waals surface area contributed by atoms with E-state index in [0.29, 0.717) is 32.0 Å². The topological polar surface area (TPSA) is 619 Å². The number of rotatable bonds is 37. The number of hydrogen-bond donors (Lipinski definition) is 22. The van der Waals surface area contributed by atoms with Gasteiger partial charge in [-0.15, -0.1) is 5.10 Å². The van der Waals surface area contributed by atoms with Crippen molar-refractivity contribution in [3.63, 3.8) is 0 Å². The molecule has 100 heavy (non-hydrogen) atoms. The Balaban J connectivity index is 0.629. The SMILES string of the molecule is CC1OC(OC2C(CO)OC(OC3C(CO)OC(OCc4cn(CCOCCOCCOCCOCCN/C=C(\N)COC5OC(CO)C(OC6OC(CO)C(OC7OC(C)[C@@H](N[C@H]8C=C(CO)[C@@H](O)[C@H](O)[C@@H]8O)C[C@@H]7O)C(O)C6O)C(O)C5O)nn4)C(O)C3O)C(O)C2O)[C@H](O)C[C@H]1N. The largest absolute Gasteiger partial charge is 0.399 e. The van der Waals surface area contributed by atoms with E-state index in [1.54, 1.807) is 20.0 Å². The third-order valence-corrected chi connectivity index (χ3v) is 18.0. The lowest BCUT2D eigenvalue weighted by molar-refractivity contribution is -0.373. The van der Waals surface area contributed by atoms with Crippen molar-refractivity contribution in [3.05, 3.63) is 35.4 Å². The van der Waals surface area contributed by atoms with Gasteiger partial charge in [-0.3, -0.25) is 0 Å². The summed E-state index contributed by atoms with van der Waals surface area (Å²) in [5, 5.41) is 205. The fourth-order valence-corrected chi connectivity index (χ4v) is 12.1. The molecule has 578 valence electrons. The Labute approximate surface area is 574 Å². The number of nitrogens with zero attached hydrogens (tertiary/aromatic N) is 3. The van der Waals surface area contributed by atoms with Crippen molar-refractivity contribution in [1.29, 1.82) is 0 Å². The first-order valence-corrected chi connectivity index (χ1v) is 33.2. The third-order valence-electron chi connectivity index (χ3n) is 18.0. The minimum atomic E-state index is -1.94. The Morgan fingerprint density at radius 1 is 0.530 bits per heavy atom. The van der Waals surface area contributed by atoms with Gasteiger partial charge < -0.3 is 190 Å². The van der Waals surface area contributed by atoms with Crippen LogP contribution in [0.4, 0.5) is 0 Å². The number of aliphatic hydroxyl groups is 18. The van der Waals surface area contributed by atoms with Crippen LogP contribution in [0.25, 0.3) is 0 Å². The highest BCUT2D eigenvalue weighted by atomic mass is 16.8. The average molecular weight is 1450 g/mol. The maximum Gasteiger partial charge on any atom is 0.187 e. The van der Waals surface area contributed by atoms with Crippen molar-refractivity contribution in [3.8, 4) is 0 Å². The maximum absolute atomic E-state index is 11.2. The van der Waals surface area contributed by atoms with Crippen molar-refractivity contribution in [2.45, 2.75) is 236 Å². The van der Waals surface area contributed by atoms with Crippen LogP contribution < -0.4 is 22.1 Å². The third kappa shape index (κ3) is 21.5. The number of nitrogens with two attached hydrogens (primary N) is 2. The van der Waals surface area contributed by atoms with Crippen LogP contribution in [-0.2, 0) is 88.9 Å². The van der Waals surface area contributed by atoms with Crippen LogP contribution in [0.2, 0.25) is 0 Å². The van der Waals surface area contributed by atoms with Gasteiger partial charge >= 0.3 is 0 Å². The van der Waals surface area contributed by atoms with Gasteiger partial charge in [-0.1, -0.05) is 11.3 Å². The van der Waals surface area contributed by atoms with Crippen LogP contribution >= 0.6 is 0 Å². The van der Waals surface area contributed by atoms with E-state index in [1.165, 1.54) is 17.0 Å². The molecule has 0 spiro atoms. The molecule has 0 aromatic carbocycles. The van der Waals surface area contributed by atoms with Gasteiger partial charge in [0.05, 0.1) is 136 Å². The van der Waals surface area contributed by atoms with Crippen molar-refractivity contribution >= 4 is 0 Å². The number of aliphatic hydroxyl groups excluding tert-OH is 18. The zero-order valence-corrected chi connectivity index (χ0v) is 55.2.